The average molecular weight is 644 g/mol. The van der Waals surface area contributed by atoms with Crippen molar-refractivity contribution in [3.05, 3.63) is 99.8 Å². The van der Waals surface area contributed by atoms with Crippen LogP contribution in [0.3, 0.4) is 0 Å². The van der Waals surface area contributed by atoms with E-state index in [-0.39, 0.29) is 22.7 Å². The van der Waals surface area contributed by atoms with Crippen molar-refractivity contribution >= 4 is 46.8 Å². The van der Waals surface area contributed by atoms with Gasteiger partial charge in [-0.2, -0.15) is 11.8 Å². The highest BCUT2D eigenvalue weighted by Gasteiger charge is 2.51. The van der Waals surface area contributed by atoms with Crippen LogP contribution in [0, 0.1) is 5.92 Å². The number of thioether (sulfide) groups is 1. The van der Waals surface area contributed by atoms with Gasteiger partial charge in [-0.25, -0.2) is 4.79 Å². The van der Waals surface area contributed by atoms with Gasteiger partial charge in [-0.05, 0) is 67.6 Å². The van der Waals surface area contributed by atoms with E-state index < -0.39 is 11.6 Å². The Hall–Kier alpha value is -2.58. The highest BCUT2D eigenvalue weighted by Crippen LogP contribution is 2.45. The maximum absolute atomic E-state index is 14.3. The molecule has 43 heavy (non-hydrogen) atoms. The SMILES string of the molecule is COC(=O)c1ccc(C[C@@]2(C)OC[C@@H](c3ccc(Cl)cc3)N(C(CSC(C)(C)C)C3CC3)C2=O)nc1.Clc1ccccc1. The van der Waals surface area contributed by atoms with Crippen molar-refractivity contribution in [3.8, 4) is 0 Å². The molecule has 0 radical (unpaired) electrons. The summed E-state index contributed by atoms with van der Waals surface area (Å²) in [6, 6.07) is 20.6. The van der Waals surface area contributed by atoms with Crippen LogP contribution in [-0.4, -0.2) is 57.6 Å². The fourth-order valence-corrected chi connectivity index (χ4v) is 6.43. The molecule has 230 valence electrons. The van der Waals surface area contributed by atoms with Crippen LogP contribution in [0.4, 0.5) is 0 Å². The molecule has 6 nitrogen and oxygen atoms in total. The summed E-state index contributed by atoms with van der Waals surface area (Å²) in [6.07, 6.45) is 4.08. The molecule has 1 aliphatic carbocycles. The third-order valence-electron chi connectivity index (χ3n) is 7.55. The maximum atomic E-state index is 14.3. The first-order chi connectivity index (χ1) is 20.4. The van der Waals surface area contributed by atoms with Crippen molar-refractivity contribution in [3.63, 3.8) is 0 Å². The summed E-state index contributed by atoms with van der Waals surface area (Å²) in [4.78, 5) is 32.6. The number of carbonyl (C=O) groups excluding carboxylic acids is 2. The minimum Gasteiger partial charge on any atom is -0.465 e. The average Bonchev–Trinajstić information content (AvgIpc) is 3.82. The van der Waals surface area contributed by atoms with E-state index in [9.17, 15) is 9.59 Å². The summed E-state index contributed by atoms with van der Waals surface area (Å²) < 4.78 is 11.2. The van der Waals surface area contributed by atoms with E-state index in [2.05, 4.69) is 30.7 Å². The first-order valence-corrected chi connectivity index (χ1v) is 16.2. The molecule has 0 spiro atoms. The van der Waals surface area contributed by atoms with Gasteiger partial charge < -0.3 is 14.4 Å². The van der Waals surface area contributed by atoms with E-state index in [1.807, 2.05) is 73.3 Å². The second-order valence-corrected chi connectivity index (χ2v) is 14.9. The minimum atomic E-state index is -1.05. The van der Waals surface area contributed by atoms with Crippen molar-refractivity contribution in [1.82, 2.24) is 9.88 Å². The summed E-state index contributed by atoms with van der Waals surface area (Å²) in [5, 5.41) is 1.46. The van der Waals surface area contributed by atoms with Gasteiger partial charge in [0, 0.05) is 44.9 Å². The molecule has 1 saturated heterocycles. The van der Waals surface area contributed by atoms with Gasteiger partial charge in [-0.1, -0.05) is 74.3 Å². The molecule has 0 N–H and O–H groups in total. The van der Waals surface area contributed by atoms with E-state index in [0.29, 0.717) is 35.2 Å². The lowest BCUT2D eigenvalue weighted by molar-refractivity contribution is -0.182. The van der Waals surface area contributed by atoms with Crippen LogP contribution in [0.1, 0.15) is 68.2 Å². The molecule has 9 heteroatoms. The van der Waals surface area contributed by atoms with Crippen molar-refractivity contribution < 1.29 is 19.1 Å². The smallest absolute Gasteiger partial charge is 0.339 e. The van der Waals surface area contributed by atoms with Crippen LogP contribution < -0.4 is 0 Å². The fourth-order valence-electron chi connectivity index (χ4n) is 5.06. The summed E-state index contributed by atoms with van der Waals surface area (Å²) in [5.41, 5.74) is 1.04. The molecule has 0 bridgehead atoms. The molecule has 3 atom stereocenters. The molecule has 1 aliphatic heterocycles. The zero-order chi connectivity index (χ0) is 31.2. The van der Waals surface area contributed by atoms with Gasteiger partial charge in [0.05, 0.1) is 25.3 Å². The van der Waals surface area contributed by atoms with Crippen LogP contribution >= 0.6 is 35.0 Å². The first kappa shape index (κ1) is 33.3. The quantitative estimate of drug-likeness (QED) is 0.231. The summed E-state index contributed by atoms with van der Waals surface area (Å²) in [7, 11) is 1.34. The van der Waals surface area contributed by atoms with Gasteiger partial charge in [0.1, 0.15) is 5.60 Å². The molecule has 3 aromatic rings. The number of halogens is 2. The van der Waals surface area contributed by atoms with Crippen molar-refractivity contribution in [2.24, 2.45) is 5.92 Å². The standard InChI is InChI=1S/C28H35ClN2O4S.C6H5Cl/c1-27(2,3)36-17-24(19-6-7-19)31-23(18-8-11-21(29)12-9-18)16-35-28(4,26(31)33)14-22-13-10-20(15-30-22)25(32)34-5;7-6-4-2-1-3-5-6/h8-13,15,19,23-24H,6-7,14,16-17H2,1-5H3;1-5H/t23-,24?,28+;/m0./s1. The van der Waals surface area contributed by atoms with E-state index >= 15 is 0 Å². The van der Waals surface area contributed by atoms with Crippen LogP contribution in [-0.2, 0) is 20.7 Å². The molecular weight excluding hydrogens is 603 g/mol. The Morgan fingerprint density at radius 1 is 1.07 bits per heavy atom. The largest absolute Gasteiger partial charge is 0.465 e. The normalized spacial score (nSPS) is 21.0. The van der Waals surface area contributed by atoms with E-state index in [0.717, 1.165) is 29.2 Å². The molecule has 2 aromatic carbocycles. The van der Waals surface area contributed by atoms with Gasteiger partial charge in [0.2, 0.25) is 0 Å². The number of benzene rings is 2. The Morgan fingerprint density at radius 2 is 1.72 bits per heavy atom. The molecular formula is C34H40Cl2N2O4S. The monoisotopic (exact) mass is 642 g/mol. The third kappa shape index (κ3) is 9.21. The van der Waals surface area contributed by atoms with E-state index in [4.69, 9.17) is 32.7 Å². The Balaban J connectivity index is 0.000000530. The fraction of sp³-hybridized carbons (Fsp3) is 0.441. The van der Waals surface area contributed by atoms with E-state index in [1.54, 1.807) is 12.1 Å². The molecule has 1 saturated carbocycles. The summed E-state index contributed by atoms with van der Waals surface area (Å²) >= 11 is 13.6. The minimum absolute atomic E-state index is 0.0149. The zero-order valence-corrected chi connectivity index (χ0v) is 27.7. The highest BCUT2D eigenvalue weighted by atomic mass is 35.5. The number of aromatic nitrogens is 1. The van der Waals surface area contributed by atoms with Crippen LogP contribution in [0.5, 0.6) is 0 Å². The van der Waals surface area contributed by atoms with Crippen LogP contribution in [0.2, 0.25) is 10.0 Å². The molecule has 5 rings (SSSR count). The van der Waals surface area contributed by atoms with Gasteiger partial charge in [0.15, 0.2) is 0 Å². The topological polar surface area (TPSA) is 68.7 Å². The molecule has 2 aliphatic rings. The number of carbonyl (C=O) groups is 2. The number of methoxy groups -OCH3 is 1. The molecule has 1 amide bonds. The van der Waals surface area contributed by atoms with Crippen molar-refractivity contribution in [1.29, 1.82) is 0 Å². The second kappa shape index (κ2) is 14.5. The molecule has 1 unspecified atom stereocenters. The number of morpholine rings is 1. The van der Waals surface area contributed by atoms with Gasteiger partial charge in [0.25, 0.3) is 5.91 Å². The van der Waals surface area contributed by atoms with Gasteiger partial charge >= 0.3 is 5.97 Å². The number of nitrogens with zero attached hydrogens (tertiary/aromatic N) is 2. The van der Waals surface area contributed by atoms with Gasteiger partial charge in [-0.3, -0.25) is 9.78 Å². The number of hydrogen-bond donors (Lipinski definition) is 0. The van der Waals surface area contributed by atoms with Crippen molar-refractivity contribution in [2.75, 3.05) is 19.5 Å². The third-order valence-corrected chi connectivity index (χ3v) is 9.42. The number of rotatable bonds is 8. The van der Waals surface area contributed by atoms with Crippen molar-refractivity contribution in [2.45, 2.75) is 69.4 Å². The summed E-state index contributed by atoms with van der Waals surface area (Å²) in [5.74, 6) is 0.926. The van der Waals surface area contributed by atoms with Crippen LogP contribution in [0.15, 0.2) is 72.9 Å². The molecule has 2 fully saturated rings. The number of pyridine rings is 1. The van der Waals surface area contributed by atoms with Gasteiger partial charge in [-0.15, -0.1) is 0 Å². The number of hydrogen-bond acceptors (Lipinski definition) is 6. The number of esters is 1. The predicted octanol–water partition coefficient (Wildman–Crippen LogP) is 8.07. The Kier molecular flexibility index (Phi) is 11.2. The first-order valence-electron chi connectivity index (χ1n) is 14.5. The Morgan fingerprint density at radius 3 is 2.23 bits per heavy atom. The molecule has 1 aromatic heterocycles. The highest BCUT2D eigenvalue weighted by molar-refractivity contribution is 8.00. The molecule has 2 heterocycles. The Labute approximate surface area is 269 Å². The second-order valence-electron chi connectivity index (χ2n) is 12.2. The summed E-state index contributed by atoms with van der Waals surface area (Å²) in [6.45, 7) is 8.90. The number of amides is 1. The zero-order valence-electron chi connectivity index (χ0n) is 25.4. The number of ether oxygens (including phenoxy) is 2. The lowest BCUT2D eigenvalue weighted by Gasteiger charge is -2.48. The maximum Gasteiger partial charge on any atom is 0.339 e. The Bertz CT molecular complexity index is 1360. The van der Waals surface area contributed by atoms with E-state index in [1.165, 1.54) is 13.3 Å². The lowest BCUT2D eigenvalue weighted by atomic mass is 9.90. The lowest BCUT2D eigenvalue weighted by Crippen LogP contribution is -2.61. The predicted molar refractivity (Wildman–Crippen MR) is 175 cm³/mol. The van der Waals surface area contributed by atoms with Crippen LogP contribution in [0.25, 0.3) is 0 Å².